The molecule has 1 rings (SSSR count). The van der Waals surface area contributed by atoms with Crippen LogP contribution in [0.15, 0.2) is 23.3 Å². The normalized spacial score (nSPS) is 25.1. The first-order valence-electron chi connectivity index (χ1n) is 5.53. The summed E-state index contributed by atoms with van der Waals surface area (Å²) < 4.78 is 0. The van der Waals surface area contributed by atoms with Gasteiger partial charge < -0.3 is 0 Å². The van der Waals surface area contributed by atoms with E-state index < -0.39 is 0 Å². The Kier molecular flexibility index (Phi) is 3.77. The number of allylic oxidation sites excluding steroid dienone is 4. The van der Waals surface area contributed by atoms with Crippen molar-refractivity contribution in [2.75, 3.05) is 0 Å². The fraction of sp³-hybridized carbons (Fsp3) is 0.692. The average Bonchev–Trinajstić information content (AvgIpc) is 2.09. The zero-order valence-electron chi connectivity index (χ0n) is 9.43. The Morgan fingerprint density at radius 2 is 2.23 bits per heavy atom. The van der Waals surface area contributed by atoms with Crippen molar-refractivity contribution in [1.82, 2.24) is 0 Å². The summed E-state index contributed by atoms with van der Waals surface area (Å²) in [7, 11) is 0. The Labute approximate surface area is 82.7 Å². The molecule has 13 heavy (non-hydrogen) atoms. The van der Waals surface area contributed by atoms with E-state index >= 15 is 0 Å². The van der Waals surface area contributed by atoms with Crippen molar-refractivity contribution in [1.29, 1.82) is 0 Å². The molecule has 0 saturated heterocycles. The Bertz CT molecular complexity index is 220. The highest BCUT2D eigenvalue weighted by Gasteiger charge is 2.15. The first kappa shape index (κ1) is 10.6. The van der Waals surface area contributed by atoms with Crippen molar-refractivity contribution in [3.05, 3.63) is 23.3 Å². The maximum Gasteiger partial charge on any atom is -0.0221 e. The van der Waals surface area contributed by atoms with Crippen LogP contribution in [0.25, 0.3) is 0 Å². The summed E-state index contributed by atoms with van der Waals surface area (Å²) in [6.45, 7) is 9.20. The molecular weight excluding hydrogens is 156 g/mol. The quantitative estimate of drug-likeness (QED) is 0.603. The molecule has 0 fully saturated rings. The van der Waals surface area contributed by atoms with Gasteiger partial charge in [0.1, 0.15) is 0 Å². The second-order valence-electron chi connectivity index (χ2n) is 4.44. The van der Waals surface area contributed by atoms with Crippen LogP contribution in [0.1, 0.15) is 47.0 Å². The molecule has 0 heterocycles. The molecule has 1 aliphatic rings. The van der Waals surface area contributed by atoms with Crippen molar-refractivity contribution in [2.24, 2.45) is 11.8 Å². The summed E-state index contributed by atoms with van der Waals surface area (Å²) in [5, 5.41) is 0. The van der Waals surface area contributed by atoms with Gasteiger partial charge in [0, 0.05) is 0 Å². The molecule has 0 aromatic rings. The van der Waals surface area contributed by atoms with Gasteiger partial charge >= 0.3 is 0 Å². The Balaban J connectivity index is 2.70. The van der Waals surface area contributed by atoms with Crippen LogP contribution < -0.4 is 0 Å². The highest BCUT2D eigenvalue weighted by Crippen LogP contribution is 2.30. The summed E-state index contributed by atoms with van der Waals surface area (Å²) in [5.74, 6) is 1.54. The first-order chi connectivity index (χ1) is 6.15. The van der Waals surface area contributed by atoms with E-state index in [-0.39, 0.29) is 0 Å². The van der Waals surface area contributed by atoms with Gasteiger partial charge in [-0.15, -0.1) is 0 Å². The lowest BCUT2D eigenvalue weighted by Gasteiger charge is -2.23. The van der Waals surface area contributed by atoms with Gasteiger partial charge in [0.15, 0.2) is 0 Å². The van der Waals surface area contributed by atoms with Gasteiger partial charge in [0.2, 0.25) is 0 Å². The molecule has 0 spiro atoms. The Morgan fingerprint density at radius 1 is 1.54 bits per heavy atom. The van der Waals surface area contributed by atoms with E-state index in [1.807, 2.05) is 0 Å². The number of hydrogen-bond donors (Lipinski definition) is 0. The third kappa shape index (κ3) is 2.72. The third-order valence-corrected chi connectivity index (χ3v) is 3.04. The van der Waals surface area contributed by atoms with E-state index in [0.29, 0.717) is 0 Å². The highest BCUT2D eigenvalue weighted by atomic mass is 14.2. The zero-order valence-corrected chi connectivity index (χ0v) is 9.43. The summed E-state index contributed by atoms with van der Waals surface area (Å²) in [4.78, 5) is 0. The molecule has 0 saturated carbocycles. The number of hydrogen-bond acceptors (Lipinski definition) is 0. The molecule has 0 radical (unpaired) electrons. The number of rotatable bonds is 3. The Morgan fingerprint density at radius 3 is 2.85 bits per heavy atom. The standard InChI is InChI=1S/C13H22/c1-5-6-11(3)13-9-10(2)7-8-12(13)4/h7-8,10-11H,5-6,9H2,1-4H3. The fourth-order valence-electron chi connectivity index (χ4n) is 2.19. The maximum atomic E-state index is 2.37. The second-order valence-corrected chi connectivity index (χ2v) is 4.44. The Hall–Kier alpha value is -0.520. The van der Waals surface area contributed by atoms with Crippen molar-refractivity contribution >= 4 is 0 Å². The molecule has 0 nitrogen and oxygen atoms in total. The highest BCUT2D eigenvalue weighted by molar-refractivity contribution is 5.30. The minimum Gasteiger partial charge on any atom is -0.0811 e. The molecule has 0 aromatic carbocycles. The SMILES string of the molecule is CCCC(C)C1=C(C)C=CC(C)C1. The summed E-state index contributed by atoms with van der Waals surface area (Å²) in [5.41, 5.74) is 3.20. The van der Waals surface area contributed by atoms with E-state index in [0.717, 1.165) is 11.8 Å². The van der Waals surface area contributed by atoms with E-state index in [4.69, 9.17) is 0 Å². The van der Waals surface area contributed by atoms with E-state index in [2.05, 4.69) is 39.8 Å². The molecule has 2 atom stereocenters. The van der Waals surface area contributed by atoms with Crippen LogP contribution in [0, 0.1) is 11.8 Å². The van der Waals surface area contributed by atoms with E-state index in [9.17, 15) is 0 Å². The van der Waals surface area contributed by atoms with Crippen LogP contribution in [-0.4, -0.2) is 0 Å². The molecule has 74 valence electrons. The molecule has 0 aliphatic heterocycles. The summed E-state index contributed by atoms with van der Waals surface area (Å²) in [6.07, 6.45) is 8.56. The van der Waals surface area contributed by atoms with E-state index in [1.54, 1.807) is 5.57 Å². The van der Waals surface area contributed by atoms with Gasteiger partial charge in [0.05, 0.1) is 0 Å². The van der Waals surface area contributed by atoms with Gasteiger partial charge in [-0.05, 0) is 31.6 Å². The zero-order chi connectivity index (χ0) is 9.84. The minimum absolute atomic E-state index is 0.748. The maximum absolute atomic E-state index is 2.37. The second kappa shape index (κ2) is 4.64. The lowest BCUT2D eigenvalue weighted by molar-refractivity contribution is 0.541. The predicted octanol–water partition coefficient (Wildman–Crippen LogP) is 4.34. The van der Waals surface area contributed by atoms with Gasteiger partial charge in [-0.2, -0.15) is 0 Å². The molecule has 0 heteroatoms. The van der Waals surface area contributed by atoms with Crippen LogP contribution in [0.4, 0.5) is 0 Å². The smallest absolute Gasteiger partial charge is 0.0221 e. The van der Waals surface area contributed by atoms with Crippen molar-refractivity contribution in [3.63, 3.8) is 0 Å². The first-order valence-corrected chi connectivity index (χ1v) is 5.53. The van der Waals surface area contributed by atoms with Gasteiger partial charge in [-0.1, -0.05) is 50.5 Å². The predicted molar refractivity (Wildman–Crippen MR) is 59.7 cm³/mol. The molecule has 1 aliphatic carbocycles. The van der Waals surface area contributed by atoms with Gasteiger partial charge in [-0.25, -0.2) is 0 Å². The van der Waals surface area contributed by atoms with Crippen LogP contribution in [0.3, 0.4) is 0 Å². The lowest BCUT2D eigenvalue weighted by atomic mass is 9.83. The molecule has 0 bridgehead atoms. The molecule has 0 aromatic heterocycles. The fourth-order valence-corrected chi connectivity index (χ4v) is 2.19. The largest absolute Gasteiger partial charge is 0.0811 e. The van der Waals surface area contributed by atoms with Gasteiger partial charge in [-0.3, -0.25) is 0 Å². The van der Waals surface area contributed by atoms with Crippen molar-refractivity contribution < 1.29 is 0 Å². The van der Waals surface area contributed by atoms with Crippen molar-refractivity contribution in [2.45, 2.75) is 47.0 Å². The summed E-state index contributed by atoms with van der Waals surface area (Å²) in [6, 6.07) is 0. The van der Waals surface area contributed by atoms with Crippen LogP contribution in [0.2, 0.25) is 0 Å². The third-order valence-electron chi connectivity index (χ3n) is 3.04. The van der Waals surface area contributed by atoms with Crippen LogP contribution in [0.5, 0.6) is 0 Å². The molecule has 0 amide bonds. The minimum atomic E-state index is 0.748. The topological polar surface area (TPSA) is 0 Å². The molecular formula is C13H22. The van der Waals surface area contributed by atoms with E-state index in [1.165, 1.54) is 24.8 Å². The van der Waals surface area contributed by atoms with Crippen LogP contribution >= 0.6 is 0 Å². The van der Waals surface area contributed by atoms with Crippen molar-refractivity contribution in [3.8, 4) is 0 Å². The lowest BCUT2D eigenvalue weighted by Crippen LogP contribution is -2.08. The van der Waals surface area contributed by atoms with Crippen LogP contribution in [-0.2, 0) is 0 Å². The molecule has 0 N–H and O–H groups in total. The monoisotopic (exact) mass is 178 g/mol. The summed E-state index contributed by atoms with van der Waals surface area (Å²) >= 11 is 0. The molecule has 2 unspecified atom stereocenters. The average molecular weight is 178 g/mol. The van der Waals surface area contributed by atoms with Gasteiger partial charge in [0.25, 0.3) is 0 Å².